The molecule has 3 rings (SSSR count). The van der Waals surface area contributed by atoms with E-state index in [0.29, 0.717) is 11.4 Å². The van der Waals surface area contributed by atoms with Crippen molar-refractivity contribution >= 4 is 28.7 Å². The highest BCUT2D eigenvalue weighted by atomic mass is 35.5. The summed E-state index contributed by atoms with van der Waals surface area (Å²) in [6.07, 6.45) is 3.56. The quantitative estimate of drug-likeness (QED) is 0.847. The van der Waals surface area contributed by atoms with Gasteiger partial charge in [-0.15, -0.1) is 11.3 Å². The zero-order chi connectivity index (χ0) is 15.0. The number of nitrogens with zero attached hydrogens (tertiary/aromatic N) is 2. The lowest BCUT2D eigenvalue weighted by atomic mass is 9.83. The first-order chi connectivity index (χ1) is 10.1. The third-order valence-electron chi connectivity index (χ3n) is 4.24. The molecule has 0 amide bonds. The topological polar surface area (TPSA) is 34.9 Å². The van der Waals surface area contributed by atoms with Crippen molar-refractivity contribution in [3.05, 3.63) is 38.3 Å². The molecule has 2 heterocycles. The fourth-order valence-electron chi connectivity index (χ4n) is 3.15. The number of hydrogen-bond donors (Lipinski definition) is 0. The molecule has 0 aliphatic heterocycles. The fourth-order valence-corrected chi connectivity index (χ4v) is 4.34. The number of ketones is 1. The van der Waals surface area contributed by atoms with E-state index in [4.69, 9.17) is 11.6 Å². The van der Waals surface area contributed by atoms with Gasteiger partial charge >= 0.3 is 0 Å². The number of carbonyl (C=O) groups is 1. The van der Waals surface area contributed by atoms with Crippen LogP contribution >= 0.6 is 22.9 Å². The van der Waals surface area contributed by atoms with Crippen LogP contribution in [0, 0.1) is 6.92 Å². The van der Waals surface area contributed by atoms with Crippen molar-refractivity contribution in [1.82, 2.24) is 9.78 Å². The first-order valence-corrected chi connectivity index (χ1v) is 8.68. The third-order valence-corrected chi connectivity index (χ3v) is 5.72. The molecule has 2 aromatic rings. The Bertz CT molecular complexity index is 674. The number of aromatic nitrogens is 2. The molecule has 0 saturated heterocycles. The molecule has 3 nitrogen and oxygen atoms in total. The van der Waals surface area contributed by atoms with Crippen LogP contribution in [-0.4, -0.2) is 15.6 Å². The number of rotatable bonds is 4. The molecule has 0 bridgehead atoms. The van der Waals surface area contributed by atoms with Crippen LogP contribution in [-0.2, 0) is 24.2 Å². The van der Waals surface area contributed by atoms with E-state index in [1.54, 1.807) is 11.3 Å². The second kappa shape index (κ2) is 5.93. The van der Waals surface area contributed by atoms with Crippen molar-refractivity contribution in [2.45, 2.75) is 52.0 Å². The van der Waals surface area contributed by atoms with Gasteiger partial charge < -0.3 is 0 Å². The normalized spacial score (nSPS) is 17.8. The van der Waals surface area contributed by atoms with Crippen molar-refractivity contribution in [3.8, 4) is 0 Å². The SMILES string of the molecule is CCn1nc(C)c(Cl)c1CC(=O)C1CCCc2sccc21. The van der Waals surface area contributed by atoms with Gasteiger partial charge in [0, 0.05) is 17.3 Å². The Balaban J connectivity index is 1.85. The van der Waals surface area contributed by atoms with Crippen molar-refractivity contribution in [1.29, 1.82) is 0 Å². The van der Waals surface area contributed by atoms with Gasteiger partial charge in [0.15, 0.2) is 0 Å². The molecule has 0 saturated carbocycles. The first-order valence-electron chi connectivity index (χ1n) is 7.42. The predicted molar refractivity (Wildman–Crippen MR) is 86.4 cm³/mol. The minimum absolute atomic E-state index is 0.0385. The molecule has 1 aliphatic carbocycles. The summed E-state index contributed by atoms with van der Waals surface area (Å²) in [4.78, 5) is 14.1. The Labute approximate surface area is 133 Å². The Morgan fingerprint density at radius 2 is 2.38 bits per heavy atom. The summed E-state index contributed by atoms with van der Waals surface area (Å²) in [7, 11) is 0. The number of fused-ring (bicyclic) bond motifs is 1. The summed E-state index contributed by atoms with van der Waals surface area (Å²) in [5.41, 5.74) is 2.91. The van der Waals surface area contributed by atoms with Gasteiger partial charge in [0.1, 0.15) is 5.78 Å². The number of hydrogen-bond acceptors (Lipinski definition) is 3. The van der Waals surface area contributed by atoms with Gasteiger partial charge in [-0.3, -0.25) is 9.48 Å². The van der Waals surface area contributed by atoms with Crippen LogP contribution in [0.1, 0.15) is 47.5 Å². The van der Waals surface area contributed by atoms with Crippen molar-refractivity contribution < 1.29 is 4.79 Å². The minimum atomic E-state index is 0.0385. The molecule has 112 valence electrons. The standard InChI is InChI=1S/C16H19ClN2OS/c1-3-19-13(16(17)10(2)18-19)9-14(20)11-5-4-6-15-12(11)7-8-21-15/h7-8,11H,3-6,9H2,1-2H3. The van der Waals surface area contributed by atoms with Crippen molar-refractivity contribution in [3.63, 3.8) is 0 Å². The average Bonchev–Trinajstić information content (AvgIpc) is 3.06. The maximum Gasteiger partial charge on any atom is 0.146 e. The van der Waals surface area contributed by atoms with Crippen LogP contribution in [0.2, 0.25) is 5.02 Å². The summed E-state index contributed by atoms with van der Waals surface area (Å²) in [6.45, 7) is 4.65. The Morgan fingerprint density at radius 1 is 1.57 bits per heavy atom. The molecule has 0 radical (unpaired) electrons. The van der Waals surface area contributed by atoms with E-state index >= 15 is 0 Å². The van der Waals surface area contributed by atoms with Gasteiger partial charge in [-0.1, -0.05) is 11.6 Å². The molecule has 2 aromatic heterocycles. The number of Topliss-reactive ketones (excluding diaryl/α,β-unsaturated/α-hetero) is 1. The lowest BCUT2D eigenvalue weighted by Crippen LogP contribution is -2.20. The van der Waals surface area contributed by atoms with Crippen LogP contribution in [0.4, 0.5) is 0 Å². The van der Waals surface area contributed by atoms with E-state index in [9.17, 15) is 4.79 Å². The highest BCUT2D eigenvalue weighted by molar-refractivity contribution is 7.10. The zero-order valence-corrected chi connectivity index (χ0v) is 13.9. The summed E-state index contributed by atoms with van der Waals surface area (Å²) in [5.74, 6) is 0.308. The van der Waals surface area contributed by atoms with Crippen LogP contribution in [0.3, 0.4) is 0 Å². The molecule has 0 spiro atoms. The molecular weight excluding hydrogens is 304 g/mol. The fraction of sp³-hybridized carbons (Fsp3) is 0.500. The van der Waals surface area contributed by atoms with Crippen molar-refractivity contribution in [2.24, 2.45) is 0 Å². The van der Waals surface area contributed by atoms with E-state index in [-0.39, 0.29) is 11.7 Å². The largest absolute Gasteiger partial charge is 0.299 e. The van der Waals surface area contributed by atoms with Gasteiger partial charge in [-0.25, -0.2) is 0 Å². The number of halogens is 1. The molecule has 0 N–H and O–H groups in total. The van der Waals surface area contributed by atoms with E-state index < -0.39 is 0 Å². The molecule has 0 fully saturated rings. The van der Waals surface area contributed by atoms with Gasteiger partial charge in [0.25, 0.3) is 0 Å². The zero-order valence-electron chi connectivity index (χ0n) is 12.4. The second-order valence-electron chi connectivity index (χ2n) is 5.55. The maximum absolute atomic E-state index is 12.8. The van der Waals surface area contributed by atoms with Crippen LogP contribution in [0.5, 0.6) is 0 Å². The van der Waals surface area contributed by atoms with E-state index in [0.717, 1.165) is 37.2 Å². The Hall–Kier alpha value is -1.13. The van der Waals surface area contributed by atoms with Gasteiger partial charge in [-0.05, 0) is 50.1 Å². The van der Waals surface area contributed by atoms with Gasteiger partial charge in [0.05, 0.1) is 22.8 Å². The lowest BCUT2D eigenvalue weighted by Gasteiger charge is -2.21. The molecular formula is C16H19ClN2OS. The predicted octanol–water partition coefficient (Wildman–Crippen LogP) is 4.16. The van der Waals surface area contributed by atoms with Crippen LogP contribution in [0.15, 0.2) is 11.4 Å². The second-order valence-corrected chi connectivity index (χ2v) is 6.93. The van der Waals surface area contributed by atoms with E-state index in [2.05, 4.69) is 16.5 Å². The maximum atomic E-state index is 12.8. The third kappa shape index (κ3) is 2.67. The summed E-state index contributed by atoms with van der Waals surface area (Å²) >= 11 is 8.09. The van der Waals surface area contributed by atoms with Crippen LogP contribution in [0.25, 0.3) is 0 Å². The first kappa shape index (κ1) is 14.8. The van der Waals surface area contributed by atoms with Crippen LogP contribution < -0.4 is 0 Å². The molecule has 5 heteroatoms. The monoisotopic (exact) mass is 322 g/mol. The summed E-state index contributed by atoms with van der Waals surface area (Å²) < 4.78 is 1.85. The number of thiophene rings is 1. The van der Waals surface area contributed by atoms with Gasteiger partial charge in [-0.2, -0.15) is 5.10 Å². The number of aryl methyl sites for hydroxylation is 3. The lowest BCUT2D eigenvalue weighted by molar-refractivity contribution is -0.120. The Morgan fingerprint density at radius 3 is 3.14 bits per heavy atom. The molecule has 1 atom stereocenters. The Kier molecular flexibility index (Phi) is 4.18. The average molecular weight is 323 g/mol. The smallest absolute Gasteiger partial charge is 0.146 e. The molecule has 1 unspecified atom stereocenters. The summed E-state index contributed by atoms with van der Waals surface area (Å²) in [5, 5.41) is 7.14. The molecule has 0 aromatic carbocycles. The minimum Gasteiger partial charge on any atom is -0.299 e. The molecule has 21 heavy (non-hydrogen) atoms. The number of carbonyl (C=O) groups excluding carboxylic acids is 1. The highest BCUT2D eigenvalue weighted by Crippen LogP contribution is 2.36. The summed E-state index contributed by atoms with van der Waals surface area (Å²) in [6, 6.07) is 2.12. The molecule has 1 aliphatic rings. The highest BCUT2D eigenvalue weighted by Gasteiger charge is 2.28. The van der Waals surface area contributed by atoms with E-state index in [1.807, 2.05) is 18.5 Å². The van der Waals surface area contributed by atoms with E-state index in [1.165, 1.54) is 10.4 Å². The van der Waals surface area contributed by atoms with Crippen molar-refractivity contribution in [2.75, 3.05) is 0 Å². The van der Waals surface area contributed by atoms with Gasteiger partial charge in [0.2, 0.25) is 0 Å².